The fraction of sp³-hybridized carbons (Fsp3) is 0.538. The van der Waals surface area contributed by atoms with Gasteiger partial charge in [0.15, 0.2) is 5.78 Å². The molecule has 0 saturated carbocycles. The molecule has 5 heteroatoms. The Morgan fingerprint density at radius 2 is 2.22 bits per heavy atom. The van der Waals surface area contributed by atoms with Gasteiger partial charge in [0.05, 0.1) is 12.7 Å². The maximum Gasteiger partial charge on any atom is 0.330 e. The quantitative estimate of drug-likeness (QED) is 0.590. The maximum absolute atomic E-state index is 11.4. The first-order chi connectivity index (χ1) is 8.45. The zero-order valence-corrected chi connectivity index (χ0v) is 12.3. The van der Waals surface area contributed by atoms with Gasteiger partial charge in [-0.15, -0.1) is 0 Å². The van der Waals surface area contributed by atoms with Crippen molar-refractivity contribution in [3.63, 3.8) is 0 Å². The molecular weight excluding hydrogens is 300 g/mol. The molecule has 1 rings (SSSR count). The van der Waals surface area contributed by atoms with Crippen LogP contribution in [0.3, 0.4) is 0 Å². The molecule has 1 aliphatic rings. The number of ketones is 1. The average Bonchev–Trinajstić information content (AvgIpc) is 2.27. The number of Topliss-reactive ketones (excluding diaryl/α,β-unsaturated/α-hetero) is 1. The molecular formula is C13H17BrO4. The first-order valence-corrected chi connectivity index (χ1v) is 6.63. The van der Waals surface area contributed by atoms with Crippen molar-refractivity contribution in [2.75, 3.05) is 6.61 Å². The number of ether oxygens (including phenoxy) is 2. The van der Waals surface area contributed by atoms with Crippen LogP contribution in [0, 0.1) is 5.92 Å². The van der Waals surface area contributed by atoms with Crippen molar-refractivity contribution in [3.05, 3.63) is 22.7 Å². The van der Waals surface area contributed by atoms with Crippen LogP contribution in [0.25, 0.3) is 0 Å². The lowest BCUT2D eigenvalue weighted by atomic mass is 9.98. The number of halogens is 1. The van der Waals surface area contributed by atoms with E-state index in [0.29, 0.717) is 6.61 Å². The predicted octanol–water partition coefficient (Wildman–Crippen LogP) is 2.38. The highest BCUT2D eigenvalue weighted by atomic mass is 79.9. The maximum atomic E-state index is 11.4. The molecule has 0 saturated heterocycles. The summed E-state index contributed by atoms with van der Waals surface area (Å²) in [7, 11) is 0. The van der Waals surface area contributed by atoms with E-state index in [2.05, 4.69) is 15.9 Å². The first kappa shape index (κ1) is 15.1. The molecule has 1 heterocycles. The van der Waals surface area contributed by atoms with Gasteiger partial charge in [0.25, 0.3) is 0 Å². The van der Waals surface area contributed by atoms with Gasteiger partial charge in [-0.3, -0.25) is 4.79 Å². The first-order valence-electron chi connectivity index (χ1n) is 5.83. The van der Waals surface area contributed by atoms with Gasteiger partial charge in [-0.05, 0) is 19.9 Å². The molecule has 0 unspecified atom stereocenters. The van der Waals surface area contributed by atoms with Crippen LogP contribution in [0.5, 0.6) is 0 Å². The van der Waals surface area contributed by atoms with Crippen molar-refractivity contribution in [1.29, 1.82) is 0 Å². The van der Waals surface area contributed by atoms with E-state index >= 15 is 0 Å². The third-order valence-electron chi connectivity index (χ3n) is 2.56. The van der Waals surface area contributed by atoms with Crippen molar-refractivity contribution in [2.45, 2.75) is 33.0 Å². The van der Waals surface area contributed by atoms with E-state index in [1.807, 2.05) is 13.0 Å². The van der Waals surface area contributed by atoms with Crippen LogP contribution >= 0.6 is 15.9 Å². The van der Waals surface area contributed by atoms with Crippen molar-refractivity contribution in [3.8, 4) is 0 Å². The lowest BCUT2D eigenvalue weighted by Gasteiger charge is -2.29. The van der Waals surface area contributed by atoms with Gasteiger partial charge >= 0.3 is 5.97 Å². The van der Waals surface area contributed by atoms with Crippen molar-refractivity contribution < 1.29 is 19.1 Å². The Labute approximate surface area is 115 Å². The lowest BCUT2D eigenvalue weighted by molar-refractivity contribution is -0.137. The molecule has 0 aromatic carbocycles. The molecule has 0 aromatic rings. The number of carbonyl (C=O) groups is 2. The number of esters is 1. The van der Waals surface area contributed by atoms with Crippen LogP contribution in [0.4, 0.5) is 0 Å². The van der Waals surface area contributed by atoms with E-state index in [4.69, 9.17) is 9.47 Å². The molecule has 1 aliphatic heterocycles. The largest absolute Gasteiger partial charge is 0.463 e. The Bertz CT molecular complexity index is 386. The number of hydrogen-bond acceptors (Lipinski definition) is 4. The molecule has 18 heavy (non-hydrogen) atoms. The zero-order valence-electron chi connectivity index (χ0n) is 10.7. The second-order valence-electron chi connectivity index (χ2n) is 4.11. The summed E-state index contributed by atoms with van der Waals surface area (Å²) < 4.78 is 11.2. The third kappa shape index (κ3) is 4.07. The zero-order chi connectivity index (χ0) is 13.7. The standard InChI is InChI=1S/C13H17BrO4/c1-4-17-12(16)6-5-11-8(2)7-10(14)13(18-11)9(3)15/h5-8,11,13H,4H2,1-3H3/b6-5-/t8-,11-,13-/m1/s1. The Morgan fingerprint density at radius 1 is 1.56 bits per heavy atom. The van der Waals surface area contributed by atoms with Crippen LogP contribution in [-0.2, 0) is 19.1 Å². The molecule has 3 atom stereocenters. The normalized spacial score (nSPS) is 28.0. The molecule has 0 amide bonds. The van der Waals surface area contributed by atoms with Crippen LogP contribution in [0.2, 0.25) is 0 Å². The molecule has 0 N–H and O–H groups in total. The minimum Gasteiger partial charge on any atom is -0.463 e. The minimum atomic E-state index is -0.585. The van der Waals surface area contributed by atoms with Crippen molar-refractivity contribution >= 4 is 27.7 Å². The van der Waals surface area contributed by atoms with E-state index in [1.54, 1.807) is 13.0 Å². The van der Waals surface area contributed by atoms with E-state index < -0.39 is 12.1 Å². The molecule has 0 radical (unpaired) electrons. The van der Waals surface area contributed by atoms with Crippen LogP contribution in [0.15, 0.2) is 22.7 Å². The van der Waals surface area contributed by atoms with Crippen molar-refractivity contribution in [2.24, 2.45) is 5.92 Å². The van der Waals surface area contributed by atoms with Gasteiger partial charge in [-0.1, -0.05) is 28.9 Å². The summed E-state index contributed by atoms with van der Waals surface area (Å²) in [6.45, 7) is 5.52. The van der Waals surface area contributed by atoms with Crippen LogP contribution in [0.1, 0.15) is 20.8 Å². The summed E-state index contributed by atoms with van der Waals surface area (Å²) in [4.78, 5) is 22.6. The Kier molecular flexibility index (Phi) is 5.75. The molecule has 4 nitrogen and oxygen atoms in total. The van der Waals surface area contributed by atoms with Gasteiger partial charge in [0, 0.05) is 16.5 Å². The van der Waals surface area contributed by atoms with Crippen molar-refractivity contribution in [1.82, 2.24) is 0 Å². The summed E-state index contributed by atoms with van der Waals surface area (Å²) in [5, 5.41) is 0. The Morgan fingerprint density at radius 3 is 2.78 bits per heavy atom. The highest BCUT2D eigenvalue weighted by Gasteiger charge is 2.29. The SMILES string of the molecule is CCOC(=O)/C=C\[C@H]1O[C@H](C(C)=O)C(Br)=C[C@H]1C. The fourth-order valence-corrected chi connectivity index (χ4v) is 2.50. The lowest BCUT2D eigenvalue weighted by Crippen LogP contribution is -2.34. The van der Waals surface area contributed by atoms with Gasteiger partial charge < -0.3 is 9.47 Å². The molecule has 0 spiro atoms. The second kappa shape index (κ2) is 6.85. The topological polar surface area (TPSA) is 52.6 Å². The summed E-state index contributed by atoms with van der Waals surface area (Å²) in [5.74, 6) is -0.387. The van der Waals surface area contributed by atoms with Gasteiger partial charge in [0.1, 0.15) is 6.10 Å². The predicted molar refractivity (Wildman–Crippen MR) is 71.3 cm³/mol. The van der Waals surface area contributed by atoms with Gasteiger partial charge in [-0.2, -0.15) is 0 Å². The average molecular weight is 317 g/mol. The summed E-state index contributed by atoms with van der Waals surface area (Å²) >= 11 is 3.33. The van der Waals surface area contributed by atoms with Gasteiger partial charge in [0.2, 0.25) is 0 Å². The summed E-state index contributed by atoms with van der Waals surface area (Å²) in [5.41, 5.74) is 0. The van der Waals surface area contributed by atoms with Crippen LogP contribution in [-0.4, -0.2) is 30.6 Å². The number of carbonyl (C=O) groups excluding carboxylic acids is 2. The van der Waals surface area contributed by atoms with E-state index in [-0.39, 0.29) is 17.8 Å². The second-order valence-corrected chi connectivity index (χ2v) is 5.03. The third-order valence-corrected chi connectivity index (χ3v) is 3.24. The number of rotatable bonds is 4. The van der Waals surface area contributed by atoms with Crippen LogP contribution < -0.4 is 0 Å². The van der Waals surface area contributed by atoms with E-state index in [0.717, 1.165) is 4.48 Å². The van der Waals surface area contributed by atoms with Gasteiger partial charge in [-0.25, -0.2) is 4.79 Å². The minimum absolute atomic E-state index is 0.0699. The monoisotopic (exact) mass is 316 g/mol. The fourth-order valence-electron chi connectivity index (χ4n) is 1.65. The smallest absolute Gasteiger partial charge is 0.330 e. The molecule has 0 fully saturated rings. The molecule has 100 valence electrons. The summed E-state index contributed by atoms with van der Waals surface area (Å²) in [6.07, 6.45) is 4.02. The number of hydrogen-bond donors (Lipinski definition) is 0. The highest BCUT2D eigenvalue weighted by molar-refractivity contribution is 9.11. The molecule has 0 bridgehead atoms. The molecule has 0 aliphatic carbocycles. The van der Waals surface area contributed by atoms with E-state index in [1.165, 1.54) is 13.0 Å². The molecule has 0 aromatic heterocycles. The summed E-state index contributed by atoms with van der Waals surface area (Å²) in [6, 6.07) is 0. The Hall–Kier alpha value is -0.940. The Balaban J connectivity index is 2.73. The highest BCUT2D eigenvalue weighted by Crippen LogP contribution is 2.28. The van der Waals surface area contributed by atoms with E-state index in [9.17, 15) is 9.59 Å².